The van der Waals surface area contributed by atoms with Crippen LogP contribution in [0.5, 0.6) is 0 Å². The standard InChI is InChI=1S/C19H16F2N2O2/c1-11-7-12(2)19-16(8-11)23(6-5-17(19)24)10-18(25)22-15-4-3-13(20)9-14(15)21/h3-9H,10H2,1-2H3,(H,22,25). The molecule has 0 saturated carbocycles. The lowest BCUT2D eigenvalue weighted by atomic mass is 10.1. The molecule has 0 unspecified atom stereocenters. The predicted molar refractivity (Wildman–Crippen MR) is 92.7 cm³/mol. The minimum absolute atomic E-state index is 0.0934. The highest BCUT2D eigenvalue weighted by Crippen LogP contribution is 2.18. The van der Waals surface area contributed by atoms with E-state index in [2.05, 4.69) is 5.32 Å². The molecule has 0 bridgehead atoms. The van der Waals surface area contributed by atoms with Crippen LogP contribution in [0.25, 0.3) is 10.9 Å². The number of fused-ring (bicyclic) bond motifs is 1. The number of aromatic nitrogens is 1. The topological polar surface area (TPSA) is 51.1 Å². The molecule has 3 rings (SSSR count). The van der Waals surface area contributed by atoms with Gasteiger partial charge >= 0.3 is 0 Å². The monoisotopic (exact) mass is 342 g/mol. The summed E-state index contributed by atoms with van der Waals surface area (Å²) < 4.78 is 28.2. The average molecular weight is 342 g/mol. The summed E-state index contributed by atoms with van der Waals surface area (Å²) in [6.45, 7) is 3.65. The molecule has 1 N–H and O–H groups in total. The van der Waals surface area contributed by atoms with Gasteiger partial charge in [0.25, 0.3) is 0 Å². The molecule has 4 nitrogen and oxygen atoms in total. The van der Waals surface area contributed by atoms with Crippen LogP contribution in [0.4, 0.5) is 14.5 Å². The number of aryl methyl sites for hydroxylation is 2. The zero-order valence-corrected chi connectivity index (χ0v) is 13.8. The van der Waals surface area contributed by atoms with Gasteiger partial charge in [0.15, 0.2) is 5.43 Å². The van der Waals surface area contributed by atoms with Crippen LogP contribution >= 0.6 is 0 Å². The lowest BCUT2D eigenvalue weighted by molar-refractivity contribution is -0.116. The number of amides is 1. The molecule has 0 radical (unpaired) electrons. The summed E-state index contributed by atoms with van der Waals surface area (Å²) in [5.41, 5.74) is 2.23. The van der Waals surface area contributed by atoms with Gasteiger partial charge in [-0.2, -0.15) is 0 Å². The molecule has 128 valence electrons. The van der Waals surface area contributed by atoms with E-state index in [0.29, 0.717) is 17.0 Å². The second-order valence-electron chi connectivity index (χ2n) is 5.96. The Morgan fingerprint density at radius 3 is 2.60 bits per heavy atom. The lowest BCUT2D eigenvalue weighted by Crippen LogP contribution is -2.21. The number of carbonyl (C=O) groups is 1. The highest BCUT2D eigenvalue weighted by molar-refractivity contribution is 5.92. The summed E-state index contributed by atoms with van der Waals surface area (Å²) in [5.74, 6) is -2.03. The van der Waals surface area contributed by atoms with Gasteiger partial charge in [0.05, 0.1) is 11.2 Å². The molecule has 25 heavy (non-hydrogen) atoms. The largest absolute Gasteiger partial charge is 0.338 e. The van der Waals surface area contributed by atoms with Crippen molar-refractivity contribution < 1.29 is 13.6 Å². The Kier molecular flexibility index (Phi) is 4.35. The Morgan fingerprint density at radius 2 is 1.88 bits per heavy atom. The number of hydrogen-bond acceptors (Lipinski definition) is 2. The molecule has 1 amide bonds. The summed E-state index contributed by atoms with van der Waals surface area (Å²) in [5, 5.41) is 2.96. The van der Waals surface area contributed by atoms with Gasteiger partial charge in [-0.3, -0.25) is 9.59 Å². The van der Waals surface area contributed by atoms with Crippen molar-refractivity contribution in [2.45, 2.75) is 20.4 Å². The Labute approximate surface area is 142 Å². The van der Waals surface area contributed by atoms with Crippen molar-refractivity contribution in [1.82, 2.24) is 4.57 Å². The maximum absolute atomic E-state index is 13.7. The first kappa shape index (κ1) is 16.8. The summed E-state index contributed by atoms with van der Waals surface area (Å²) in [6.07, 6.45) is 1.53. The van der Waals surface area contributed by atoms with Crippen LogP contribution < -0.4 is 10.7 Å². The van der Waals surface area contributed by atoms with Crippen molar-refractivity contribution in [3.63, 3.8) is 0 Å². The number of nitrogens with zero attached hydrogens (tertiary/aromatic N) is 1. The maximum atomic E-state index is 13.7. The van der Waals surface area contributed by atoms with E-state index in [0.717, 1.165) is 17.2 Å². The van der Waals surface area contributed by atoms with Gasteiger partial charge in [-0.05, 0) is 43.2 Å². The number of pyridine rings is 1. The number of halogens is 2. The zero-order valence-electron chi connectivity index (χ0n) is 13.8. The van der Waals surface area contributed by atoms with E-state index in [1.807, 2.05) is 26.0 Å². The predicted octanol–water partition coefficient (Wildman–Crippen LogP) is 3.54. The number of benzene rings is 2. The molecule has 0 aliphatic carbocycles. The van der Waals surface area contributed by atoms with Crippen molar-refractivity contribution >= 4 is 22.5 Å². The molecule has 6 heteroatoms. The molecule has 0 fully saturated rings. The van der Waals surface area contributed by atoms with E-state index in [1.165, 1.54) is 18.3 Å². The summed E-state index contributed by atoms with van der Waals surface area (Å²) in [6, 6.07) is 8.08. The van der Waals surface area contributed by atoms with Gasteiger partial charge < -0.3 is 9.88 Å². The van der Waals surface area contributed by atoms with Crippen LogP contribution in [-0.2, 0) is 11.3 Å². The molecule has 0 aliphatic rings. The number of anilines is 1. The van der Waals surface area contributed by atoms with Crippen LogP contribution in [-0.4, -0.2) is 10.5 Å². The second-order valence-corrected chi connectivity index (χ2v) is 5.96. The van der Waals surface area contributed by atoms with Crippen LogP contribution in [0.2, 0.25) is 0 Å². The Morgan fingerprint density at radius 1 is 1.12 bits per heavy atom. The molecule has 0 atom stereocenters. The summed E-state index contributed by atoms with van der Waals surface area (Å²) in [4.78, 5) is 24.4. The van der Waals surface area contributed by atoms with Crippen molar-refractivity contribution in [3.05, 3.63) is 75.6 Å². The van der Waals surface area contributed by atoms with Gasteiger partial charge in [-0.15, -0.1) is 0 Å². The van der Waals surface area contributed by atoms with Crippen LogP contribution in [0.3, 0.4) is 0 Å². The first-order chi connectivity index (χ1) is 11.8. The molecule has 2 aromatic carbocycles. The minimum Gasteiger partial charge on any atom is -0.338 e. The summed E-state index contributed by atoms with van der Waals surface area (Å²) >= 11 is 0. The second kappa shape index (κ2) is 6.47. The SMILES string of the molecule is Cc1cc(C)c2c(=O)ccn(CC(=O)Nc3ccc(F)cc3F)c2c1. The molecule has 3 aromatic rings. The van der Waals surface area contributed by atoms with E-state index in [1.54, 1.807) is 4.57 Å². The normalized spacial score (nSPS) is 10.9. The average Bonchev–Trinajstić information content (AvgIpc) is 2.52. The third kappa shape index (κ3) is 3.42. The van der Waals surface area contributed by atoms with E-state index < -0.39 is 17.5 Å². The smallest absolute Gasteiger partial charge is 0.244 e. The zero-order chi connectivity index (χ0) is 18.1. The van der Waals surface area contributed by atoms with E-state index in [-0.39, 0.29) is 17.7 Å². The van der Waals surface area contributed by atoms with Gasteiger partial charge in [0.2, 0.25) is 5.91 Å². The number of rotatable bonds is 3. The summed E-state index contributed by atoms with van der Waals surface area (Å²) in [7, 11) is 0. The highest BCUT2D eigenvalue weighted by atomic mass is 19.1. The Hall–Kier alpha value is -3.02. The molecule has 0 saturated heterocycles. The van der Waals surface area contributed by atoms with Gasteiger partial charge in [-0.1, -0.05) is 6.07 Å². The highest BCUT2D eigenvalue weighted by Gasteiger charge is 2.12. The van der Waals surface area contributed by atoms with Crippen molar-refractivity contribution in [2.24, 2.45) is 0 Å². The number of nitrogens with one attached hydrogen (secondary N) is 1. The molecule has 0 aliphatic heterocycles. The third-order valence-electron chi connectivity index (χ3n) is 3.94. The quantitative estimate of drug-likeness (QED) is 0.792. The Balaban J connectivity index is 1.94. The Bertz CT molecular complexity index is 1040. The molecule has 0 spiro atoms. The van der Waals surface area contributed by atoms with Gasteiger partial charge in [-0.25, -0.2) is 8.78 Å². The van der Waals surface area contributed by atoms with Crippen molar-refractivity contribution in [3.8, 4) is 0 Å². The van der Waals surface area contributed by atoms with Crippen LogP contribution in [0.15, 0.2) is 47.4 Å². The van der Waals surface area contributed by atoms with Crippen molar-refractivity contribution in [1.29, 1.82) is 0 Å². The van der Waals surface area contributed by atoms with Crippen LogP contribution in [0.1, 0.15) is 11.1 Å². The number of carbonyl (C=O) groups excluding carboxylic acids is 1. The van der Waals surface area contributed by atoms with Gasteiger partial charge in [0, 0.05) is 23.7 Å². The lowest BCUT2D eigenvalue weighted by Gasteiger charge is -2.13. The minimum atomic E-state index is -0.843. The first-order valence-corrected chi connectivity index (χ1v) is 7.70. The fraction of sp³-hybridized carbons (Fsp3) is 0.158. The fourth-order valence-corrected chi connectivity index (χ4v) is 2.89. The molecule has 1 heterocycles. The molecule has 1 aromatic heterocycles. The van der Waals surface area contributed by atoms with Gasteiger partial charge in [0.1, 0.15) is 18.2 Å². The van der Waals surface area contributed by atoms with Crippen LogP contribution in [0, 0.1) is 25.5 Å². The van der Waals surface area contributed by atoms with Crippen molar-refractivity contribution in [2.75, 3.05) is 5.32 Å². The van der Waals surface area contributed by atoms with E-state index >= 15 is 0 Å². The maximum Gasteiger partial charge on any atom is 0.244 e. The van der Waals surface area contributed by atoms with E-state index in [9.17, 15) is 18.4 Å². The van der Waals surface area contributed by atoms with E-state index in [4.69, 9.17) is 0 Å². The first-order valence-electron chi connectivity index (χ1n) is 7.70. The fourth-order valence-electron chi connectivity index (χ4n) is 2.89. The number of hydrogen-bond donors (Lipinski definition) is 1. The third-order valence-corrected chi connectivity index (χ3v) is 3.94. The molecular formula is C19H16F2N2O2. The molecular weight excluding hydrogens is 326 g/mol.